The molecule has 1 aromatic rings. The second kappa shape index (κ2) is 6.58. The van der Waals surface area contributed by atoms with Crippen molar-refractivity contribution >= 4 is 12.0 Å². The van der Waals surface area contributed by atoms with Gasteiger partial charge in [-0.15, -0.1) is 0 Å². The molecule has 0 saturated heterocycles. The summed E-state index contributed by atoms with van der Waals surface area (Å²) < 4.78 is 0. The van der Waals surface area contributed by atoms with Gasteiger partial charge in [0.05, 0.1) is 0 Å². The molecule has 18 heavy (non-hydrogen) atoms. The van der Waals surface area contributed by atoms with Crippen molar-refractivity contribution in [1.29, 1.82) is 0 Å². The van der Waals surface area contributed by atoms with Gasteiger partial charge in [-0.05, 0) is 5.92 Å². The third-order valence-electron chi connectivity index (χ3n) is 2.33. The normalized spacial score (nSPS) is 12.2. The number of carbonyl (C=O) groups excluding carboxylic acids is 1. The molecular formula is C10H17N5O3. The molecule has 2 amide bonds. The van der Waals surface area contributed by atoms with Crippen molar-refractivity contribution in [3.8, 4) is 0 Å². The van der Waals surface area contributed by atoms with Crippen LogP contribution in [0.15, 0.2) is 6.33 Å². The molecule has 0 fully saturated rings. The van der Waals surface area contributed by atoms with E-state index in [1.807, 2.05) is 0 Å². The van der Waals surface area contributed by atoms with Crippen LogP contribution in [-0.4, -0.2) is 44.9 Å². The van der Waals surface area contributed by atoms with E-state index in [-0.39, 0.29) is 5.92 Å². The molecule has 0 aliphatic heterocycles. The van der Waals surface area contributed by atoms with Gasteiger partial charge in [-0.3, -0.25) is 5.10 Å². The van der Waals surface area contributed by atoms with E-state index in [0.717, 1.165) is 0 Å². The minimum absolute atomic E-state index is 0.178. The molecule has 1 aromatic heterocycles. The number of amides is 2. The molecule has 1 atom stereocenters. The minimum atomic E-state index is -1.05. The predicted molar refractivity (Wildman–Crippen MR) is 62.9 cm³/mol. The first-order valence-electron chi connectivity index (χ1n) is 5.62. The van der Waals surface area contributed by atoms with Crippen molar-refractivity contribution in [3.05, 3.63) is 12.2 Å². The van der Waals surface area contributed by atoms with Crippen molar-refractivity contribution in [3.63, 3.8) is 0 Å². The van der Waals surface area contributed by atoms with Gasteiger partial charge in [0, 0.05) is 13.0 Å². The van der Waals surface area contributed by atoms with Crippen LogP contribution in [0.4, 0.5) is 4.79 Å². The average Bonchev–Trinajstić information content (AvgIpc) is 2.78. The number of nitrogens with zero attached hydrogens (tertiary/aromatic N) is 2. The first-order valence-corrected chi connectivity index (χ1v) is 5.62. The Labute approximate surface area is 104 Å². The highest BCUT2D eigenvalue weighted by atomic mass is 16.4. The fourth-order valence-corrected chi connectivity index (χ4v) is 1.35. The lowest BCUT2D eigenvalue weighted by Crippen LogP contribution is -2.48. The molecule has 0 saturated carbocycles. The van der Waals surface area contributed by atoms with Crippen molar-refractivity contribution in [2.24, 2.45) is 5.92 Å². The molecular weight excluding hydrogens is 238 g/mol. The number of hydrogen-bond donors (Lipinski definition) is 4. The highest BCUT2D eigenvalue weighted by Gasteiger charge is 2.22. The maximum atomic E-state index is 11.5. The summed E-state index contributed by atoms with van der Waals surface area (Å²) in [7, 11) is 0. The van der Waals surface area contributed by atoms with Crippen LogP contribution in [0.1, 0.15) is 19.7 Å². The molecule has 1 rings (SSSR count). The van der Waals surface area contributed by atoms with Crippen molar-refractivity contribution in [1.82, 2.24) is 25.8 Å². The largest absolute Gasteiger partial charge is 0.480 e. The van der Waals surface area contributed by atoms with E-state index in [9.17, 15) is 9.59 Å². The summed E-state index contributed by atoms with van der Waals surface area (Å²) in [5.74, 6) is -0.563. The van der Waals surface area contributed by atoms with Gasteiger partial charge in [0.2, 0.25) is 0 Å². The first-order chi connectivity index (χ1) is 8.50. The van der Waals surface area contributed by atoms with Crippen LogP contribution in [0.5, 0.6) is 0 Å². The minimum Gasteiger partial charge on any atom is -0.480 e. The van der Waals surface area contributed by atoms with Gasteiger partial charge >= 0.3 is 12.0 Å². The highest BCUT2D eigenvalue weighted by Crippen LogP contribution is 2.01. The van der Waals surface area contributed by atoms with Crippen LogP contribution in [0.25, 0.3) is 0 Å². The molecule has 0 aliphatic carbocycles. The molecule has 0 bridgehead atoms. The number of carbonyl (C=O) groups is 2. The molecule has 0 radical (unpaired) electrons. The molecule has 1 unspecified atom stereocenters. The van der Waals surface area contributed by atoms with E-state index >= 15 is 0 Å². The van der Waals surface area contributed by atoms with Gasteiger partial charge < -0.3 is 15.7 Å². The van der Waals surface area contributed by atoms with Gasteiger partial charge in [0.15, 0.2) is 0 Å². The molecule has 0 aromatic carbocycles. The number of aromatic amines is 1. The zero-order valence-corrected chi connectivity index (χ0v) is 10.3. The van der Waals surface area contributed by atoms with Gasteiger partial charge in [-0.1, -0.05) is 13.8 Å². The zero-order valence-electron chi connectivity index (χ0n) is 10.3. The van der Waals surface area contributed by atoms with Crippen molar-refractivity contribution in [2.75, 3.05) is 6.54 Å². The molecule has 0 aliphatic rings. The number of aromatic nitrogens is 3. The number of rotatable bonds is 6. The molecule has 8 heteroatoms. The van der Waals surface area contributed by atoms with Crippen LogP contribution in [0, 0.1) is 5.92 Å². The Balaban J connectivity index is 2.30. The lowest BCUT2D eigenvalue weighted by Gasteiger charge is -2.18. The second-order valence-electron chi connectivity index (χ2n) is 4.14. The Morgan fingerprint density at radius 2 is 2.22 bits per heavy atom. The van der Waals surface area contributed by atoms with Crippen LogP contribution >= 0.6 is 0 Å². The SMILES string of the molecule is CC(C)C(NC(=O)NCCc1ncn[nH]1)C(=O)O. The lowest BCUT2D eigenvalue weighted by atomic mass is 10.1. The topological polar surface area (TPSA) is 120 Å². The van der Waals surface area contributed by atoms with Crippen LogP contribution in [-0.2, 0) is 11.2 Å². The summed E-state index contributed by atoms with van der Waals surface area (Å²) in [4.78, 5) is 26.2. The number of urea groups is 1. The van der Waals surface area contributed by atoms with Crippen molar-refractivity contribution in [2.45, 2.75) is 26.3 Å². The monoisotopic (exact) mass is 255 g/mol. The predicted octanol–water partition coefficient (Wildman–Crippen LogP) is -0.244. The smallest absolute Gasteiger partial charge is 0.326 e. The van der Waals surface area contributed by atoms with Crippen LogP contribution in [0.3, 0.4) is 0 Å². The molecule has 8 nitrogen and oxygen atoms in total. The van der Waals surface area contributed by atoms with Crippen molar-refractivity contribution < 1.29 is 14.7 Å². The van der Waals surface area contributed by atoms with Gasteiger partial charge in [-0.25, -0.2) is 14.6 Å². The van der Waals surface area contributed by atoms with E-state index in [0.29, 0.717) is 18.8 Å². The Morgan fingerprint density at radius 3 is 2.72 bits per heavy atom. The fourth-order valence-electron chi connectivity index (χ4n) is 1.35. The van der Waals surface area contributed by atoms with Gasteiger partial charge in [-0.2, -0.15) is 5.10 Å². The summed E-state index contributed by atoms with van der Waals surface area (Å²) in [5.41, 5.74) is 0. The Bertz CT molecular complexity index is 390. The Hall–Kier alpha value is -2.12. The van der Waals surface area contributed by atoms with Crippen LogP contribution in [0.2, 0.25) is 0 Å². The number of nitrogens with one attached hydrogen (secondary N) is 3. The second-order valence-corrected chi connectivity index (χ2v) is 4.14. The summed E-state index contributed by atoms with van der Waals surface area (Å²) in [5, 5.41) is 20.2. The third-order valence-corrected chi connectivity index (χ3v) is 2.33. The first kappa shape index (κ1) is 13.9. The molecule has 4 N–H and O–H groups in total. The summed E-state index contributed by atoms with van der Waals surface area (Å²) >= 11 is 0. The molecule has 0 spiro atoms. The maximum Gasteiger partial charge on any atom is 0.326 e. The number of H-pyrrole nitrogens is 1. The molecule has 1 heterocycles. The quantitative estimate of drug-likeness (QED) is 0.559. The summed E-state index contributed by atoms with van der Waals surface area (Å²) in [6, 6.07) is -1.40. The standard InChI is InChI=1S/C10H17N5O3/c1-6(2)8(9(16)17)14-10(18)11-4-3-7-12-5-13-15-7/h5-6,8H,3-4H2,1-2H3,(H,16,17)(H2,11,14,18)(H,12,13,15). The number of hydrogen-bond acceptors (Lipinski definition) is 4. The third kappa shape index (κ3) is 4.40. The molecule has 100 valence electrons. The number of carboxylic acids is 1. The Kier molecular flexibility index (Phi) is 5.09. The van der Waals surface area contributed by atoms with Gasteiger partial charge in [0.25, 0.3) is 0 Å². The fraction of sp³-hybridized carbons (Fsp3) is 0.600. The number of carboxylic acid groups (broad SMARTS) is 1. The van der Waals surface area contributed by atoms with E-state index in [2.05, 4.69) is 25.8 Å². The number of aliphatic carboxylic acids is 1. The van der Waals surface area contributed by atoms with E-state index < -0.39 is 18.0 Å². The van der Waals surface area contributed by atoms with Crippen LogP contribution < -0.4 is 10.6 Å². The van der Waals surface area contributed by atoms with E-state index in [4.69, 9.17) is 5.11 Å². The average molecular weight is 255 g/mol. The maximum absolute atomic E-state index is 11.5. The van der Waals surface area contributed by atoms with E-state index in [1.165, 1.54) is 6.33 Å². The lowest BCUT2D eigenvalue weighted by molar-refractivity contribution is -0.140. The summed E-state index contributed by atoms with van der Waals surface area (Å²) in [6.07, 6.45) is 1.89. The Morgan fingerprint density at radius 1 is 1.50 bits per heavy atom. The highest BCUT2D eigenvalue weighted by molar-refractivity contribution is 5.82. The summed E-state index contributed by atoms with van der Waals surface area (Å²) in [6.45, 7) is 3.81. The van der Waals surface area contributed by atoms with Gasteiger partial charge in [0.1, 0.15) is 18.2 Å². The van der Waals surface area contributed by atoms with E-state index in [1.54, 1.807) is 13.8 Å². The zero-order chi connectivity index (χ0) is 13.5.